The highest BCUT2D eigenvalue weighted by molar-refractivity contribution is 7.89. The van der Waals surface area contributed by atoms with Gasteiger partial charge in [-0.1, -0.05) is 41.0 Å². The van der Waals surface area contributed by atoms with E-state index in [0.717, 1.165) is 31.6 Å². The summed E-state index contributed by atoms with van der Waals surface area (Å²) in [7, 11) is -3.27. The number of hydrogen-bond acceptors (Lipinski definition) is 3. The highest BCUT2D eigenvalue weighted by Gasteiger charge is 2.44. The van der Waals surface area contributed by atoms with E-state index in [4.69, 9.17) is 5.73 Å². The lowest BCUT2D eigenvalue weighted by Gasteiger charge is -2.46. The summed E-state index contributed by atoms with van der Waals surface area (Å²) in [4.78, 5) is 0. The lowest BCUT2D eigenvalue weighted by Crippen LogP contribution is -2.58. The van der Waals surface area contributed by atoms with E-state index in [1.54, 1.807) is 4.31 Å². The summed E-state index contributed by atoms with van der Waals surface area (Å²) >= 11 is 0. The van der Waals surface area contributed by atoms with Gasteiger partial charge in [-0.05, 0) is 37.0 Å². The molecule has 0 aromatic carbocycles. The maximum absolute atomic E-state index is 12.9. The zero-order chi connectivity index (χ0) is 16.3. The van der Waals surface area contributed by atoms with Crippen LogP contribution < -0.4 is 5.73 Å². The average molecular weight is 319 g/mol. The minimum Gasteiger partial charge on any atom is -0.329 e. The van der Waals surface area contributed by atoms with E-state index in [1.165, 1.54) is 6.42 Å². The van der Waals surface area contributed by atoms with E-state index in [1.807, 2.05) is 27.7 Å². The Labute approximate surface area is 131 Å². The van der Waals surface area contributed by atoms with Crippen LogP contribution in [0.4, 0.5) is 0 Å². The van der Waals surface area contributed by atoms with Crippen molar-refractivity contribution in [2.75, 3.05) is 18.8 Å². The first-order valence-corrected chi connectivity index (χ1v) is 9.92. The first-order chi connectivity index (χ1) is 9.60. The SMILES string of the molecule is CCC1CCC(CN)(N(CC)S(=O)(=O)CC(C)(C)C)CC1. The third kappa shape index (κ3) is 4.67. The van der Waals surface area contributed by atoms with Crippen molar-refractivity contribution in [1.82, 2.24) is 4.31 Å². The molecule has 0 heterocycles. The Bertz CT molecular complexity index is 418. The van der Waals surface area contributed by atoms with E-state index in [-0.39, 0.29) is 16.7 Å². The predicted octanol–water partition coefficient (Wildman–Crippen LogP) is 2.98. The fourth-order valence-electron chi connectivity index (χ4n) is 3.63. The maximum atomic E-state index is 12.9. The van der Waals surface area contributed by atoms with Crippen LogP contribution in [0.25, 0.3) is 0 Å². The molecule has 1 rings (SSSR count). The number of sulfonamides is 1. The van der Waals surface area contributed by atoms with Gasteiger partial charge in [-0.2, -0.15) is 4.31 Å². The normalized spacial score (nSPS) is 28.0. The van der Waals surface area contributed by atoms with E-state index < -0.39 is 10.0 Å². The van der Waals surface area contributed by atoms with Crippen molar-refractivity contribution >= 4 is 10.0 Å². The average Bonchev–Trinajstić information content (AvgIpc) is 2.37. The standard InChI is InChI=1S/C16H34N2O2S/c1-6-14-8-10-16(12-17,11-9-14)18(7-2)21(19,20)13-15(3,4)5/h14H,6-13,17H2,1-5H3. The second kappa shape index (κ2) is 6.97. The number of likely N-dealkylation sites (N-methyl/N-ethyl adjacent to an activating group) is 1. The van der Waals surface area contributed by atoms with Gasteiger partial charge in [-0.3, -0.25) is 0 Å². The van der Waals surface area contributed by atoms with Crippen molar-refractivity contribution in [2.24, 2.45) is 17.1 Å². The summed E-state index contributed by atoms with van der Waals surface area (Å²) in [5.74, 6) is 0.918. The molecule has 0 unspecified atom stereocenters. The van der Waals surface area contributed by atoms with Gasteiger partial charge in [-0.25, -0.2) is 8.42 Å². The predicted molar refractivity (Wildman–Crippen MR) is 89.7 cm³/mol. The molecule has 126 valence electrons. The quantitative estimate of drug-likeness (QED) is 0.819. The van der Waals surface area contributed by atoms with Gasteiger partial charge < -0.3 is 5.73 Å². The van der Waals surface area contributed by atoms with Gasteiger partial charge in [0.1, 0.15) is 0 Å². The molecule has 0 bridgehead atoms. The molecule has 0 atom stereocenters. The Morgan fingerprint density at radius 2 is 1.71 bits per heavy atom. The molecule has 0 spiro atoms. The topological polar surface area (TPSA) is 63.4 Å². The van der Waals surface area contributed by atoms with Crippen molar-refractivity contribution in [3.63, 3.8) is 0 Å². The molecule has 1 saturated carbocycles. The maximum Gasteiger partial charge on any atom is 0.215 e. The Morgan fingerprint density at radius 3 is 2.05 bits per heavy atom. The van der Waals surface area contributed by atoms with E-state index in [9.17, 15) is 8.42 Å². The van der Waals surface area contributed by atoms with Gasteiger partial charge in [0, 0.05) is 18.6 Å². The van der Waals surface area contributed by atoms with Crippen LogP contribution in [0.2, 0.25) is 0 Å². The molecule has 0 amide bonds. The minimum atomic E-state index is -3.27. The highest BCUT2D eigenvalue weighted by Crippen LogP contribution is 2.39. The molecule has 1 fully saturated rings. The Balaban J connectivity index is 3.01. The minimum absolute atomic E-state index is 0.187. The second-order valence-corrected chi connectivity index (χ2v) is 9.66. The summed E-state index contributed by atoms with van der Waals surface area (Å²) in [6.07, 6.45) is 5.17. The monoisotopic (exact) mass is 318 g/mol. The van der Waals surface area contributed by atoms with Crippen LogP contribution in [0.1, 0.15) is 66.7 Å². The first kappa shape index (κ1) is 18.9. The van der Waals surface area contributed by atoms with Gasteiger partial charge >= 0.3 is 0 Å². The molecular weight excluding hydrogens is 284 g/mol. The fraction of sp³-hybridized carbons (Fsp3) is 1.00. The molecule has 1 aliphatic rings. The van der Waals surface area contributed by atoms with Crippen molar-refractivity contribution < 1.29 is 8.42 Å². The van der Waals surface area contributed by atoms with Crippen molar-refractivity contribution in [2.45, 2.75) is 72.3 Å². The van der Waals surface area contributed by atoms with Gasteiger partial charge in [-0.15, -0.1) is 0 Å². The third-order valence-corrected chi connectivity index (χ3v) is 7.31. The molecule has 5 heteroatoms. The number of hydrogen-bond donors (Lipinski definition) is 1. The molecule has 4 nitrogen and oxygen atoms in total. The van der Waals surface area contributed by atoms with E-state index >= 15 is 0 Å². The van der Waals surface area contributed by atoms with Crippen LogP contribution in [-0.2, 0) is 10.0 Å². The van der Waals surface area contributed by atoms with Crippen LogP contribution in [0.5, 0.6) is 0 Å². The number of rotatable bonds is 6. The third-order valence-electron chi connectivity index (χ3n) is 4.76. The van der Waals surface area contributed by atoms with Gasteiger partial charge in [0.2, 0.25) is 10.0 Å². The molecule has 1 aliphatic carbocycles. The summed E-state index contributed by atoms with van der Waals surface area (Å²) in [6, 6.07) is 0. The van der Waals surface area contributed by atoms with Crippen molar-refractivity contribution in [3.8, 4) is 0 Å². The lowest BCUT2D eigenvalue weighted by molar-refractivity contribution is 0.113. The number of nitrogens with two attached hydrogens (primary N) is 1. The molecule has 0 aromatic heterocycles. The summed E-state index contributed by atoms with van der Waals surface area (Å²) in [5, 5.41) is 0. The van der Waals surface area contributed by atoms with Crippen molar-refractivity contribution in [1.29, 1.82) is 0 Å². The molecule has 0 saturated heterocycles. The van der Waals surface area contributed by atoms with E-state index in [0.29, 0.717) is 13.1 Å². The molecule has 2 N–H and O–H groups in total. The van der Waals surface area contributed by atoms with Gasteiger partial charge in [0.05, 0.1) is 5.75 Å². The van der Waals surface area contributed by atoms with Crippen LogP contribution >= 0.6 is 0 Å². The highest BCUT2D eigenvalue weighted by atomic mass is 32.2. The largest absolute Gasteiger partial charge is 0.329 e. The van der Waals surface area contributed by atoms with Crippen LogP contribution in [-0.4, -0.2) is 37.1 Å². The van der Waals surface area contributed by atoms with Crippen LogP contribution in [0, 0.1) is 11.3 Å². The molecular formula is C16H34N2O2S. The zero-order valence-electron chi connectivity index (χ0n) is 14.5. The van der Waals surface area contributed by atoms with E-state index in [2.05, 4.69) is 6.92 Å². The second-order valence-electron chi connectivity index (χ2n) is 7.76. The van der Waals surface area contributed by atoms with Crippen molar-refractivity contribution in [3.05, 3.63) is 0 Å². The number of nitrogens with zero attached hydrogens (tertiary/aromatic N) is 1. The summed E-state index contributed by atoms with van der Waals surface area (Å²) in [5.41, 5.74) is 5.47. The first-order valence-electron chi connectivity index (χ1n) is 8.31. The summed E-state index contributed by atoms with van der Waals surface area (Å²) < 4.78 is 27.4. The van der Waals surface area contributed by atoms with Crippen LogP contribution in [0.3, 0.4) is 0 Å². The lowest BCUT2D eigenvalue weighted by atomic mass is 9.75. The fourth-order valence-corrected chi connectivity index (χ4v) is 6.12. The molecule has 0 radical (unpaired) electrons. The molecule has 21 heavy (non-hydrogen) atoms. The molecule has 0 aromatic rings. The zero-order valence-corrected chi connectivity index (χ0v) is 15.3. The van der Waals surface area contributed by atoms with Gasteiger partial charge in [0.15, 0.2) is 0 Å². The summed E-state index contributed by atoms with van der Waals surface area (Å²) in [6.45, 7) is 11.0. The Kier molecular flexibility index (Phi) is 6.28. The smallest absolute Gasteiger partial charge is 0.215 e. The Morgan fingerprint density at radius 1 is 1.19 bits per heavy atom. The van der Waals surface area contributed by atoms with Gasteiger partial charge in [0.25, 0.3) is 0 Å². The van der Waals surface area contributed by atoms with Crippen LogP contribution in [0.15, 0.2) is 0 Å². The molecule has 0 aliphatic heterocycles. The Hall–Kier alpha value is -0.130.